The van der Waals surface area contributed by atoms with Gasteiger partial charge in [-0.3, -0.25) is 14.2 Å². The van der Waals surface area contributed by atoms with Crippen LogP contribution in [0.5, 0.6) is 0 Å². The van der Waals surface area contributed by atoms with Crippen LogP contribution in [0.2, 0.25) is 0 Å². The molecule has 2 aromatic rings. The van der Waals surface area contributed by atoms with Gasteiger partial charge < -0.3 is 19.0 Å². The summed E-state index contributed by atoms with van der Waals surface area (Å²) in [6, 6.07) is 5.01. The van der Waals surface area contributed by atoms with Crippen LogP contribution in [0, 0.1) is 0 Å². The summed E-state index contributed by atoms with van der Waals surface area (Å²) in [6.07, 6.45) is 1.38. The second kappa shape index (κ2) is 6.60. The third-order valence-electron chi connectivity index (χ3n) is 5.12. The number of hydrogen-bond donors (Lipinski definition) is 0. The third kappa shape index (κ3) is 2.90. The molecule has 0 N–H and O–H groups in total. The number of carbonyl (C=O) groups excluding carboxylic acids is 2. The Kier molecular flexibility index (Phi) is 4.28. The number of ether oxygens (including phenoxy) is 1. The lowest BCUT2D eigenvalue weighted by Gasteiger charge is -2.35. The Morgan fingerprint density at radius 3 is 2.54 bits per heavy atom. The van der Waals surface area contributed by atoms with E-state index >= 15 is 0 Å². The molecule has 8 heteroatoms. The maximum Gasteiger partial charge on any atom is 0.419 e. The van der Waals surface area contributed by atoms with Gasteiger partial charge in [0.05, 0.1) is 5.52 Å². The van der Waals surface area contributed by atoms with E-state index in [9.17, 15) is 14.4 Å². The van der Waals surface area contributed by atoms with Crippen molar-refractivity contribution in [3.63, 3.8) is 0 Å². The lowest BCUT2D eigenvalue weighted by atomic mass is 10.1. The van der Waals surface area contributed by atoms with Crippen LogP contribution in [0.1, 0.15) is 23.2 Å². The molecule has 1 unspecified atom stereocenters. The van der Waals surface area contributed by atoms with E-state index in [0.717, 1.165) is 12.8 Å². The molecule has 8 nitrogen and oxygen atoms in total. The van der Waals surface area contributed by atoms with E-state index in [4.69, 9.17) is 9.15 Å². The Bertz CT molecular complexity index is 901. The smallest absolute Gasteiger partial charge is 0.408 e. The highest BCUT2D eigenvalue weighted by atomic mass is 16.5. The Labute approximate surface area is 149 Å². The maximum atomic E-state index is 12.7. The molecule has 2 amide bonds. The van der Waals surface area contributed by atoms with Crippen molar-refractivity contribution in [1.29, 1.82) is 0 Å². The number of nitrogens with zero attached hydrogens (tertiary/aromatic N) is 3. The molecule has 138 valence electrons. The zero-order valence-electron chi connectivity index (χ0n) is 14.6. The van der Waals surface area contributed by atoms with E-state index in [1.165, 1.54) is 4.57 Å². The van der Waals surface area contributed by atoms with Gasteiger partial charge in [0.2, 0.25) is 0 Å². The number of piperazine rings is 1. The second-order valence-corrected chi connectivity index (χ2v) is 6.73. The number of fused-ring (bicyclic) bond motifs is 1. The molecular formula is C18H21N3O5. The van der Waals surface area contributed by atoms with Gasteiger partial charge in [-0.1, -0.05) is 0 Å². The largest absolute Gasteiger partial charge is 0.419 e. The van der Waals surface area contributed by atoms with Gasteiger partial charge >= 0.3 is 5.76 Å². The molecule has 2 saturated heterocycles. The lowest BCUT2D eigenvalue weighted by Crippen LogP contribution is -2.52. The fraction of sp³-hybridized carbons (Fsp3) is 0.500. The van der Waals surface area contributed by atoms with E-state index in [1.54, 1.807) is 35.0 Å². The van der Waals surface area contributed by atoms with Crippen LogP contribution in [0.25, 0.3) is 11.1 Å². The van der Waals surface area contributed by atoms with Crippen molar-refractivity contribution in [2.24, 2.45) is 7.05 Å². The maximum absolute atomic E-state index is 12.7. The van der Waals surface area contributed by atoms with Gasteiger partial charge in [-0.15, -0.1) is 0 Å². The number of aromatic nitrogens is 1. The van der Waals surface area contributed by atoms with Gasteiger partial charge in [-0.2, -0.15) is 0 Å². The first kappa shape index (κ1) is 16.8. The SMILES string of the molecule is Cn1c(=O)oc2cc(C(=O)N3CCN(C(=O)C4CCCO4)CC3)ccc21. The molecule has 1 aromatic carbocycles. The van der Waals surface area contributed by atoms with Crippen molar-refractivity contribution in [2.75, 3.05) is 32.8 Å². The molecule has 0 spiro atoms. The van der Waals surface area contributed by atoms with Gasteiger partial charge in [-0.05, 0) is 31.0 Å². The van der Waals surface area contributed by atoms with Crippen LogP contribution in [-0.2, 0) is 16.6 Å². The van der Waals surface area contributed by atoms with Crippen molar-refractivity contribution in [2.45, 2.75) is 18.9 Å². The quantitative estimate of drug-likeness (QED) is 0.784. The van der Waals surface area contributed by atoms with Crippen LogP contribution in [0.15, 0.2) is 27.4 Å². The van der Waals surface area contributed by atoms with E-state index in [2.05, 4.69) is 0 Å². The van der Waals surface area contributed by atoms with Crippen molar-refractivity contribution in [3.05, 3.63) is 34.3 Å². The third-order valence-corrected chi connectivity index (χ3v) is 5.12. The predicted molar refractivity (Wildman–Crippen MR) is 92.9 cm³/mol. The molecule has 2 aliphatic heterocycles. The predicted octanol–water partition coefficient (Wildman–Crippen LogP) is 0.595. The number of rotatable bonds is 2. The summed E-state index contributed by atoms with van der Waals surface area (Å²) < 4.78 is 12.0. The molecule has 0 radical (unpaired) electrons. The fourth-order valence-corrected chi connectivity index (χ4v) is 3.56. The topological polar surface area (TPSA) is 85.0 Å². The van der Waals surface area contributed by atoms with Crippen LogP contribution >= 0.6 is 0 Å². The summed E-state index contributed by atoms with van der Waals surface area (Å²) >= 11 is 0. The van der Waals surface area contributed by atoms with Crippen molar-refractivity contribution >= 4 is 22.9 Å². The van der Waals surface area contributed by atoms with Crippen LogP contribution in [0.3, 0.4) is 0 Å². The van der Waals surface area contributed by atoms with E-state index in [-0.39, 0.29) is 17.9 Å². The second-order valence-electron chi connectivity index (χ2n) is 6.73. The molecular weight excluding hydrogens is 338 g/mol. The first-order chi connectivity index (χ1) is 12.5. The number of oxazole rings is 1. The molecule has 0 bridgehead atoms. The van der Waals surface area contributed by atoms with Crippen LogP contribution < -0.4 is 5.76 Å². The van der Waals surface area contributed by atoms with Crippen molar-refractivity contribution < 1.29 is 18.7 Å². The first-order valence-electron chi connectivity index (χ1n) is 8.84. The summed E-state index contributed by atoms with van der Waals surface area (Å²) in [5, 5.41) is 0. The molecule has 2 fully saturated rings. The molecule has 1 aromatic heterocycles. The average Bonchev–Trinajstić information content (AvgIpc) is 3.29. The minimum absolute atomic E-state index is 0.0297. The number of carbonyl (C=O) groups is 2. The molecule has 26 heavy (non-hydrogen) atoms. The standard InChI is InChI=1S/C18H21N3O5/c1-19-13-5-4-12(11-15(13)26-18(19)24)16(22)20-6-8-21(9-7-20)17(23)14-3-2-10-25-14/h4-5,11,14H,2-3,6-10H2,1H3. The fourth-order valence-electron chi connectivity index (χ4n) is 3.56. The highest BCUT2D eigenvalue weighted by Crippen LogP contribution is 2.18. The lowest BCUT2D eigenvalue weighted by molar-refractivity contribution is -0.142. The first-order valence-corrected chi connectivity index (χ1v) is 8.84. The van der Waals surface area contributed by atoms with Crippen molar-refractivity contribution in [3.8, 4) is 0 Å². The summed E-state index contributed by atoms with van der Waals surface area (Å²) in [5.74, 6) is -0.546. The minimum atomic E-state index is -0.453. The number of benzene rings is 1. The molecule has 0 aliphatic carbocycles. The number of amides is 2. The Morgan fingerprint density at radius 2 is 1.85 bits per heavy atom. The van der Waals surface area contributed by atoms with E-state index < -0.39 is 5.76 Å². The van der Waals surface area contributed by atoms with Crippen LogP contribution in [-0.4, -0.2) is 65.1 Å². The van der Waals surface area contributed by atoms with Gasteiger partial charge in [-0.25, -0.2) is 4.79 Å². The van der Waals surface area contributed by atoms with E-state index in [1.807, 2.05) is 0 Å². The summed E-state index contributed by atoms with van der Waals surface area (Å²) in [6.45, 7) is 2.62. The molecule has 2 aliphatic rings. The summed E-state index contributed by atoms with van der Waals surface area (Å²) in [7, 11) is 1.62. The van der Waals surface area contributed by atoms with Gasteiger partial charge in [0.15, 0.2) is 5.58 Å². The highest BCUT2D eigenvalue weighted by molar-refractivity contribution is 5.97. The Morgan fingerprint density at radius 1 is 1.12 bits per heavy atom. The Balaban J connectivity index is 1.43. The molecule has 0 saturated carbocycles. The summed E-state index contributed by atoms with van der Waals surface area (Å²) in [4.78, 5) is 40.2. The van der Waals surface area contributed by atoms with Crippen LogP contribution in [0.4, 0.5) is 0 Å². The van der Waals surface area contributed by atoms with Gasteiger partial charge in [0, 0.05) is 45.4 Å². The molecule has 4 rings (SSSR count). The number of aryl methyl sites for hydroxylation is 1. The summed E-state index contributed by atoms with van der Waals surface area (Å²) in [5.41, 5.74) is 1.53. The van der Waals surface area contributed by atoms with E-state index in [0.29, 0.717) is 49.4 Å². The normalized spacial score (nSPS) is 20.7. The average molecular weight is 359 g/mol. The van der Waals surface area contributed by atoms with Gasteiger partial charge in [0.1, 0.15) is 6.10 Å². The minimum Gasteiger partial charge on any atom is -0.408 e. The monoisotopic (exact) mass is 359 g/mol. The zero-order valence-corrected chi connectivity index (χ0v) is 14.6. The van der Waals surface area contributed by atoms with Gasteiger partial charge in [0.25, 0.3) is 11.8 Å². The zero-order chi connectivity index (χ0) is 18.3. The molecule has 3 heterocycles. The Hall–Kier alpha value is -2.61. The highest BCUT2D eigenvalue weighted by Gasteiger charge is 2.31. The molecule has 1 atom stereocenters. The number of hydrogen-bond acceptors (Lipinski definition) is 5. The van der Waals surface area contributed by atoms with Crippen molar-refractivity contribution in [1.82, 2.24) is 14.4 Å².